The normalized spacial score (nSPS) is 16.1. The molecule has 3 aromatic heterocycles. The number of pyridine rings is 1. The van der Waals surface area contributed by atoms with Crippen LogP contribution in [0.4, 0.5) is 5.82 Å². The van der Waals surface area contributed by atoms with Crippen molar-refractivity contribution in [1.82, 2.24) is 9.99 Å². The number of carbonyl (C=O) groups is 1. The summed E-state index contributed by atoms with van der Waals surface area (Å²) in [7, 11) is 0. The lowest BCUT2D eigenvalue weighted by Crippen LogP contribution is -2.31. The summed E-state index contributed by atoms with van der Waals surface area (Å²) in [5, 5.41) is 20.9. The first kappa shape index (κ1) is 18.3. The molecule has 0 saturated heterocycles. The average Bonchev–Trinajstić information content (AvgIpc) is 3.46. The van der Waals surface area contributed by atoms with Crippen molar-refractivity contribution in [2.24, 2.45) is 5.10 Å². The summed E-state index contributed by atoms with van der Waals surface area (Å²) in [5.41, 5.74) is 0.842. The van der Waals surface area contributed by atoms with E-state index < -0.39 is 10.7 Å². The highest BCUT2D eigenvalue weighted by atomic mass is 32.1. The number of nitrogens with zero attached hydrogens (tertiary/aromatic N) is 4. The van der Waals surface area contributed by atoms with E-state index in [2.05, 4.69) is 10.1 Å². The van der Waals surface area contributed by atoms with Crippen LogP contribution in [0.3, 0.4) is 0 Å². The largest absolute Gasteiger partial charge is 0.475 e. The van der Waals surface area contributed by atoms with Crippen molar-refractivity contribution < 1.29 is 14.5 Å². The van der Waals surface area contributed by atoms with Crippen LogP contribution in [-0.4, -0.2) is 33.1 Å². The lowest BCUT2D eigenvalue weighted by atomic mass is 10.1. The van der Waals surface area contributed by atoms with Gasteiger partial charge in [0.1, 0.15) is 6.20 Å². The maximum Gasteiger partial charge on any atom is 0.406 e. The van der Waals surface area contributed by atoms with Crippen LogP contribution in [0.15, 0.2) is 58.5 Å². The van der Waals surface area contributed by atoms with Crippen LogP contribution in [0.25, 0.3) is 0 Å². The predicted molar refractivity (Wildman–Crippen MR) is 106 cm³/mol. The quantitative estimate of drug-likeness (QED) is 0.450. The van der Waals surface area contributed by atoms with Crippen LogP contribution < -0.4 is 4.74 Å². The molecule has 8 nitrogen and oxygen atoms in total. The van der Waals surface area contributed by atoms with Gasteiger partial charge in [-0.05, 0) is 44.9 Å². The summed E-state index contributed by atoms with van der Waals surface area (Å²) < 4.78 is 5.41. The minimum absolute atomic E-state index is 0.0461. The molecule has 0 N–H and O–H groups in total. The molecular formula is C18H14N4O4S2. The van der Waals surface area contributed by atoms with Gasteiger partial charge in [-0.25, -0.2) is 5.01 Å². The molecule has 142 valence electrons. The van der Waals surface area contributed by atoms with Crippen LogP contribution in [0.5, 0.6) is 5.75 Å². The number of hydrazone groups is 1. The topological polar surface area (TPSA) is 97.9 Å². The molecule has 0 fully saturated rings. The van der Waals surface area contributed by atoms with E-state index in [1.54, 1.807) is 22.7 Å². The van der Waals surface area contributed by atoms with Gasteiger partial charge in [-0.15, -0.1) is 22.7 Å². The van der Waals surface area contributed by atoms with Crippen LogP contribution >= 0.6 is 22.7 Å². The number of thiophene rings is 2. The van der Waals surface area contributed by atoms with E-state index in [0.29, 0.717) is 6.42 Å². The molecule has 10 heteroatoms. The number of hydrogen-bond donors (Lipinski definition) is 0. The molecule has 4 rings (SSSR count). The van der Waals surface area contributed by atoms with Crippen LogP contribution in [0.1, 0.15) is 22.2 Å². The van der Waals surface area contributed by atoms with Crippen molar-refractivity contribution in [2.75, 3.05) is 6.61 Å². The zero-order valence-electron chi connectivity index (χ0n) is 14.4. The molecule has 0 aliphatic carbocycles. The molecule has 1 aliphatic heterocycles. The molecule has 0 bridgehead atoms. The van der Waals surface area contributed by atoms with Gasteiger partial charge in [-0.3, -0.25) is 4.79 Å². The number of rotatable bonds is 6. The van der Waals surface area contributed by atoms with E-state index >= 15 is 0 Å². The first-order chi connectivity index (χ1) is 13.6. The van der Waals surface area contributed by atoms with E-state index in [9.17, 15) is 14.9 Å². The molecule has 0 radical (unpaired) electrons. The maximum absolute atomic E-state index is 12.8. The molecule has 4 heterocycles. The molecule has 1 amide bonds. The standard InChI is InChI=1S/C18H14N4O4S2/c23-17(11-26-14-4-1-7-19-18(14)22(24)25)21-13(16-6-3-9-28-16)10-12(20-21)15-5-2-8-27-15/h1-9,13H,10-11H2. The van der Waals surface area contributed by atoms with E-state index in [1.807, 2.05) is 35.0 Å². The lowest BCUT2D eigenvalue weighted by Gasteiger charge is -2.20. The summed E-state index contributed by atoms with van der Waals surface area (Å²) >= 11 is 3.13. The highest BCUT2D eigenvalue weighted by Crippen LogP contribution is 2.36. The second-order valence-electron chi connectivity index (χ2n) is 5.87. The number of ether oxygens (including phenoxy) is 1. The van der Waals surface area contributed by atoms with Crippen molar-refractivity contribution in [3.63, 3.8) is 0 Å². The van der Waals surface area contributed by atoms with Crippen molar-refractivity contribution >= 4 is 40.1 Å². The Labute approximate surface area is 167 Å². The number of carbonyl (C=O) groups excluding carboxylic acids is 1. The van der Waals surface area contributed by atoms with Gasteiger partial charge in [-0.1, -0.05) is 12.1 Å². The van der Waals surface area contributed by atoms with Gasteiger partial charge in [-0.2, -0.15) is 5.10 Å². The van der Waals surface area contributed by atoms with E-state index in [0.717, 1.165) is 15.5 Å². The van der Waals surface area contributed by atoms with Crippen molar-refractivity contribution in [1.29, 1.82) is 0 Å². The Hall–Kier alpha value is -3.11. The third-order valence-corrected chi connectivity index (χ3v) is 6.01. The summed E-state index contributed by atoms with van der Waals surface area (Å²) in [6, 6.07) is 10.5. The Morgan fingerprint density at radius 3 is 2.79 bits per heavy atom. The van der Waals surface area contributed by atoms with E-state index in [1.165, 1.54) is 23.3 Å². The van der Waals surface area contributed by atoms with E-state index in [-0.39, 0.29) is 24.3 Å². The molecule has 28 heavy (non-hydrogen) atoms. The minimum atomic E-state index is -0.642. The fourth-order valence-corrected chi connectivity index (χ4v) is 4.40. The van der Waals surface area contributed by atoms with Gasteiger partial charge in [0.2, 0.25) is 5.75 Å². The Morgan fingerprint density at radius 1 is 1.25 bits per heavy atom. The molecule has 1 aliphatic rings. The first-order valence-corrected chi connectivity index (χ1v) is 10.1. The van der Waals surface area contributed by atoms with Gasteiger partial charge < -0.3 is 14.9 Å². The van der Waals surface area contributed by atoms with Gasteiger partial charge >= 0.3 is 5.82 Å². The molecular weight excluding hydrogens is 400 g/mol. The van der Waals surface area contributed by atoms with Gasteiger partial charge in [0.25, 0.3) is 5.91 Å². The zero-order valence-corrected chi connectivity index (χ0v) is 16.1. The number of amides is 1. The predicted octanol–water partition coefficient (Wildman–Crippen LogP) is 3.87. The first-order valence-electron chi connectivity index (χ1n) is 8.32. The molecule has 1 unspecified atom stereocenters. The van der Waals surface area contributed by atoms with Gasteiger partial charge in [0.05, 0.1) is 16.6 Å². The summed E-state index contributed by atoms with van der Waals surface area (Å²) in [4.78, 5) is 29.0. The third-order valence-electron chi connectivity index (χ3n) is 4.12. The van der Waals surface area contributed by atoms with Crippen molar-refractivity contribution in [3.8, 4) is 5.75 Å². The van der Waals surface area contributed by atoms with Gasteiger partial charge in [0, 0.05) is 11.3 Å². The highest BCUT2D eigenvalue weighted by Gasteiger charge is 2.34. The molecule has 0 spiro atoms. The second kappa shape index (κ2) is 7.87. The molecule has 0 aromatic carbocycles. The monoisotopic (exact) mass is 414 g/mol. The number of nitro groups is 1. The Bertz CT molecular complexity index is 1020. The smallest absolute Gasteiger partial charge is 0.406 e. The van der Waals surface area contributed by atoms with E-state index in [4.69, 9.17) is 4.74 Å². The fourth-order valence-electron chi connectivity index (χ4n) is 2.87. The summed E-state index contributed by atoms with van der Waals surface area (Å²) in [6.45, 7) is -0.365. The highest BCUT2D eigenvalue weighted by molar-refractivity contribution is 7.12. The van der Waals surface area contributed by atoms with Crippen molar-refractivity contribution in [3.05, 3.63) is 73.2 Å². The maximum atomic E-state index is 12.8. The number of aromatic nitrogens is 1. The summed E-state index contributed by atoms with van der Waals surface area (Å²) in [6.07, 6.45) is 1.91. The fraction of sp³-hybridized carbons (Fsp3) is 0.167. The number of hydrogen-bond acceptors (Lipinski definition) is 8. The van der Waals surface area contributed by atoms with Crippen molar-refractivity contribution in [2.45, 2.75) is 12.5 Å². The third kappa shape index (κ3) is 3.64. The Balaban J connectivity index is 1.55. The minimum Gasteiger partial charge on any atom is -0.475 e. The van der Waals surface area contributed by atoms with Crippen LogP contribution in [-0.2, 0) is 4.79 Å². The average molecular weight is 414 g/mol. The van der Waals surface area contributed by atoms with Gasteiger partial charge in [0.15, 0.2) is 6.61 Å². The van der Waals surface area contributed by atoms with Crippen LogP contribution in [0, 0.1) is 10.1 Å². The molecule has 1 atom stereocenters. The Morgan fingerprint density at radius 2 is 2.07 bits per heavy atom. The lowest BCUT2D eigenvalue weighted by molar-refractivity contribution is -0.390. The zero-order chi connectivity index (χ0) is 19.5. The summed E-state index contributed by atoms with van der Waals surface area (Å²) in [5.74, 6) is -0.840. The Kier molecular flexibility index (Phi) is 5.13. The molecule has 0 saturated carbocycles. The van der Waals surface area contributed by atoms with Crippen LogP contribution in [0.2, 0.25) is 0 Å². The second-order valence-corrected chi connectivity index (χ2v) is 7.80. The SMILES string of the molecule is O=C(COc1cccnc1[N+](=O)[O-])N1N=C(c2cccs2)CC1c1cccs1. The molecule has 3 aromatic rings.